The molecular formula is C20H12Cl2N2O2S. The normalized spacial score (nSPS) is 16.9. The zero-order chi connectivity index (χ0) is 18.8. The van der Waals surface area contributed by atoms with E-state index in [0.29, 0.717) is 37.3 Å². The predicted molar refractivity (Wildman–Crippen MR) is 111 cm³/mol. The minimum atomic E-state index is -0.235. The van der Waals surface area contributed by atoms with Crippen molar-refractivity contribution in [3.8, 4) is 11.3 Å². The van der Waals surface area contributed by atoms with Crippen LogP contribution in [0.3, 0.4) is 0 Å². The van der Waals surface area contributed by atoms with E-state index in [0.717, 1.165) is 5.56 Å². The highest BCUT2D eigenvalue weighted by Crippen LogP contribution is 2.33. The lowest BCUT2D eigenvalue weighted by Crippen LogP contribution is -2.19. The van der Waals surface area contributed by atoms with E-state index in [9.17, 15) is 4.79 Å². The summed E-state index contributed by atoms with van der Waals surface area (Å²) in [6, 6.07) is 18.2. The van der Waals surface area contributed by atoms with Crippen molar-refractivity contribution < 1.29 is 9.21 Å². The first kappa shape index (κ1) is 17.9. The smallest absolute Gasteiger partial charge is 0.264 e. The molecule has 1 N–H and O–H groups in total. The van der Waals surface area contributed by atoms with E-state index in [1.165, 1.54) is 11.8 Å². The van der Waals surface area contributed by atoms with Crippen LogP contribution in [0.5, 0.6) is 0 Å². The fourth-order valence-electron chi connectivity index (χ4n) is 2.50. The molecule has 1 aliphatic rings. The van der Waals surface area contributed by atoms with Gasteiger partial charge in [-0.1, -0.05) is 47.5 Å². The van der Waals surface area contributed by atoms with Crippen LogP contribution in [0.1, 0.15) is 5.76 Å². The highest BCUT2D eigenvalue weighted by atomic mass is 35.5. The van der Waals surface area contributed by atoms with Crippen LogP contribution in [0.25, 0.3) is 17.4 Å². The van der Waals surface area contributed by atoms with Gasteiger partial charge in [0.25, 0.3) is 5.91 Å². The predicted octanol–water partition coefficient (Wildman–Crippen LogP) is 6.15. The molecular weight excluding hydrogens is 403 g/mol. The summed E-state index contributed by atoms with van der Waals surface area (Å²) in [7, 11) is 0. The van der Waals surface area contributed by atoms with E-state index < -0.39 is 0 Å². The van der Waals surface area contributed by atoms with Crippen LogP contribution in [0.15, 0.2) is 75.0 Å². The van der Waals surface area contributed by atoms with Gasteiger partial charge in [0.05, 0.1) is 20.6 Å². The Balaban J connectivity index is 1.58. The van der Waals surface area contributed by atoms with Crippen molar-refractivity contribution in [1.82, 2.24) is 5.32 Å². The van der Waals surface area contributed by atoms with Crippen LogP contribution in [0.2, 0.25) is 10.0 Å². The molecule has 0 spiro atoms. The summed E-state index contributed by atoms with van der Waals surface area (Å²) < 4.78 is 5.82. The third-order valence-electron chi connectivity index (χ3n) is 3.76. The number of furan rings is 1. The number of halogens is 2. The summed E-state index contributed by atoms with van der Waals surface area (Å²) in [5, 5.41) is 4.33. The Hall–Kier alpha value is -2.47. The van der Waals surface area contributed by atoms with E-state index >= 15 is 0 Å². The van der Waals surface area contributed by atoms with Gasteiger partial charge >= 0.3 is 0 Å². The summed E-state index contributed by atoms with van der Waals surface area (Å²) in [4.78, 5) is 17.1. The number of nitrogens with one attached hydrogen (secondary N) is 1. The number of aliphatic imine (C=N–C) groups is 1. The Bertz CT molecular complexity index is 1090. The van der Waals surface area contributed by atoms with Crippen molar-refractivity contribution in [3.63, 3.8) is 0 Å². The second-order valence-electron chi connectivity index (χ2n) is 5.62. The number of hydrogen-bond donors (Lipinski definition) is 1. The SMILES string of the molecule is O=C1NC(=Nc2ccccc2Cl)S/C1=C/c1ccc(-c2ccccc2Cl)o1. The number of thioether (sulfide) groups is 1. The molecule has 0 unspecified atom stereocenters. The van der Waals surface area contributed by atoms with Gasteiger partial charge in [-0.2, -0.15) is 0 Å². The minimum absolute atomic E-state index is 0.235. The van der Waals surface area contributed by atoms with Crippen LogP contribution < -0.4 is 5.32 Å². The molecule has 3 aromatic rings. The molecule has 1 amide bonds. The highest BCUT2D eigenvalue weighted by molar-refractivity contribution is 8.18. The van der Waals surface area contributed by atoms with Crippen molar-refractivity contribution in [1.29, 1.82) is 0 Å². The number of amides is 1. The number of amidine groups is 1. The van der Waals surface area contributed by atoms with Gasteiger partial charge in [0.1, 0.15) is 11.5 Å². The van der Waals surface area contributed by atoms with Gasteiger partial charge in [-0.3, -0.25) is 4.79 Å². The second-order valence-corrected chi connectivity index (χ2v) is 7.46. The summed E-state index contributed by atoms with van der Waals surface area (Å²) in [5.41, 5.74) is 1.40. The van der Waals surface area contributed by atoms with Gasteiger partial charge in [-0.25, -0.2) is 4.99 Å². The maximum absolute atomic E-state index is 12.2. The van der Waals surface area contributed by atoms with Gasteiger partial charge in [-0.15, -0.1) is 0 Å². The first-order valence-electron chi connectivity index (χ1n) is 7.99. The molecule has 2 heterocycles. The van der Waals surface area contributed by atoms with Gasteiger partial charge in [0.2, 0.25) is 0 Å². The van der Waals surface area contributed by atoms with Crippen LogP contribution in [0, 0.1) is 0 Å². The Kier molecular flexibility index (Phi) is 5.07. The lowest BCUT2D eigenvalue weighted by atomic mass is 10.2. The number of carbonyl (C=O) groups excluding carboxylic acids is 1. The maximum Gasteiger partial charge on any atom is 0.264 e. The zero-order valence-corrected chi connectivity index (χ0v) is 16.1. The van der Waals surface area contributed by atoms with Crippen molar-refractivity contribution in [2.45, 2.75) is 0 Å². The topological polar surface area (TPSA) is 54.6 Å². The molecule has 4 nitrogen and oxygen atoms in total. The number of carbonyl (C=O) groups is 1. The van der Waals surface area contributed by atoms with Crippen molar-refractivity contribution in [3.05, 3.63) is 81.4 Å². The van der Waals surface area contributed by atoms with E-state index in [1.807, 2.05) is 36.4 Å². The van der Waals surface area contributed by atoms with Crippen LogP contribution in [-0.2, 0) is 4.79 Å². The Morgan fingerprint density at radius 1 is 0.963 bits per heavy atom. The van der Waals surface area contributed by atoms with E-state index in [1.54, 1.807) is 30.3 Å². The third kappa shape index (κ3) is 3.95. The number of para-hydroxylation sites is 1. The molecule has 1 saturated heterocycles. The Morgan fingerprint density at radius 2 is 1.70 bits per heavy atom. The minimum Gasteiger partial charge on any atom is -0.457 e. The first-order chi connectivity index (χ1) is 13.1. The molecule has 0 aliphatic carbocycles. The number of rotatable bonds is 3. The average Bonchev–Trinajstić information content (AvgIpc) is 3.25. The molecule has 0 atom stereocenters. The van der Waals surface area contributed by atoms with Gasteiger partial charge in [-0.05, 0) is 48.2 Å². The molecule has 2 aromatic carbocycles. The van der Waals surface area contributed by atoms with Crippen LogP contribution in [0.4, 0.5) is 5.69 Å². The molecule has 0 radical (unpaired) electrons. The molecule has 1 aromatic heterocycles. The van der Waals surface area contributed by atoms with Crippen molar-refractivity contribution in [2.75, 3.05) is 0 Å². The monoisotopic (exact) mass is 414 g/mol. The number of benzene rings is 2. The fraction of sp³-hybridized carbons (Fsp3) is 0. The Morgan fingerprint density at radius 3 is 2.48 bits per heavy atom. The maximum atomic E-state index is 12.2. The summed E-state index contributed by atoms with van der Waals surface area (Å²) in [6.45, 7) is 0. The van der Waals surface area contributed by atoms with Gasteiger partial charge in [0, 0.05) is 11.6 Å². The quantitative estimate of drug-likeness (QED) is 0.523. The van der Waals surface area contributed by atoms with Crippen molar-refractivity contribution >= 4 is 57.8 Å². The molecule has 7 heteroatoms. The van der Waals surface area contributed by atoms with E-state index in [2.05, 4.69) is 10.3 Å². The van der Waals surface area contributed by atoms with Gasteiger partial charge < -0.3 is 9.73 Å². The van der Waals surface area contributed by atoms with Crippen molar-refractivity contribution in [2.24, 2.45) is 4.99 Å². The van der Waals surface area contributed by atoms with E-state index in [4.69, 9.17) is 27.6 Å². The molecule has 0 saturated carbocycles. The molecule has 0 bridgehead atoms. The second kappa shape index (κ2) is 7.64. The Labute approximate surface area is 169 Å². The molecule has 1 fully saturated rings. The number of hydrogen-bond acceptors (Lipinski definition) is 4. The summed E-state index contributed by atoms with van der Waals surface area (Å²) in [6.07, 6.45) is 1.68. The van der Waals surface area contributed by atoms with Gasteiger partial charge in [0.15, 0.2) is 5.17 Å². The summed E-state index contributed by atoms with van der Waals surface area (Å²) >= 11 is 13.5. The molecule has 1 aliphatic heterocycles. The van der Waals surface area contributed by atoms with Crippen LogP contribution in [-0.4, -0.2) is 11.1 Å². The molecule has 4 rings (SSSR count). The fourth-order valence-corrected chi connectivity index (χ4v) is 3.72. The molecule has 27 heavy (non-hydrogen) atoms. The zero-order valence-electron chi connectivity index (χ0n) is 13.8. The standard InChI is InChI=1S/C20H12Cl2N2O2S/c21-14-6-2-1-5-13(14)17-10-9-12(26-17)11-18-19(25)24-20(27-18)23-16-8-4-3-7-15(16)22/h1-11H,(H,23,24,25)/b18-11+. The molecule has 134 valence electrons. The van der Waals surface area contributed by atoms with Crippen LogP contribution >= 0.6 is 35.0 Å². The lowest BCUT2D eigenvalue weighted by molar-refractivity contribution is -0.115. The highest BCUT2D eigenvalue weighted by Gasteiger charge is 2.24. The summed E-state index contributed by atoms with van der Waals surface area (Å²) in [5.74, 6) is 0.962. The third-order valence-corrected chi connectivity index (χ3v) is 5.32. The van der Waals surface area contributed by atoms with E-state index in [-0.39, 0.29) is 5.91 Å². The average molecular weight is 415 g/mol. The number of nitrogens with zero attached hydrogens (tertiary/aromatic N) is 1. The largest absolute Gasteiger partial charge is 0.457 e. The lowest BCUT2D eigenvalue weighted by Gasteiger charge is -1.99. The first-order valence-corrected chi connectivity index (χ1v) is 9.56.